The first-order chi connectivity index (χ1) is 19.1. The number of nitrogens with zero attached hydrogens (tertiary/aromatic N) is 1. The van der Waals surface area contributed by atoms with E-state index in [1.807, 2.05) is 18.6 Å². The van der Waals surface area contributed by atoms with Gasteiger partial charge in [-0.2, -0.15) is 0 Å². The van der Waals surface area contributed by atoms with E-state index in [-0.39, 0.29) is 42.0 Å². The van der Waals surface area contributed by atoms with Crippen LogP contribution in [0.25, 0.3) is 0 Å². The van der Waals surface area contributed by atoms with Crippen LogP contribution in [0, 0.1) is 5.92 Å². The number of hydrogen-bond acceptors (Lipinski definition) is 7. The first kappa shape index (κ1) is 33.5. The maximum Gasteiger partial charge on any atom is 0.408 e. The van der Waals surface area contributed by atoms with Crippen molar-refractivity contribution in [3.05, 3.63) is 54.6 Å². The third-order valence-corrected chi connectivity index (χ3v) is 7.64. The van der Waals surface area contributed by atoms with Crippen LogP contribution in [0.4, 0.5) is 4.79 Å². The Hall–Kier alpha value is -3.67. The maximum absolute atomic E-state index is 13.4. The van der Waals surface area contributed by atoms with E-state index in [0.717, 1.165) is 0 Å². The van der Waals surface area contributed by atoms with Crippen molar-refractivity contribution in [1.82, 2.24) is 20.3 Å². The lowest BCUT2D eigenvalue weighted by Gasteiger charge is -2.31. The summed E-state index contributed by atoms with van der Waals surface area (Å²) in [4.78, 5) is 52.4. The number of allylic oxidation sites excluding steroid dienone is 1. The molecule has 1 aliphatic rings. The van der Waals surface area contributed by atoms with E-state index in [1.165, 1.54) is 23.1 Å². The second-order valence-corrected chi connectivity index (χ2v) is 12.8. The van der Waals surface area contributed by atoms with Crippen molar-refractivity contribution in [1.29, 1.82) is 0 Å². The molecule has 2 rings (SSSR count). The molecule has 0 radical (unpaired) electrons. The van der Waals surface area contributed by atoms with E-state index in [2.05, 4.69) is 17.2 Å². The number of alkyl carbamates (subject to hydrolysis) is 1. The normalized spacial score (nSPS) is 16.6. The second-order valence-electron chi connectivity index (χ2n) is 11.1. The Morgan fingerprint density at radius 2 is 1.80 bits per heavy atom. The Kier molecular flexibility index (Phi) is 12.1. The zero-order valence-corrected chi connectivity index (χ0v) is 25.3. The summed E-state index contributed by atoms with van der Waals surface area (Å²) in [6.45, 7) is 13.1. The van der Waals surface area contributed by atoms with Gasteiger partial charge in [-0.05, 0) is 63.7 Å². The average Bonchev–Trinajstić information content (AvgIpc) is 3.38. The van der Waals surface area contributed by atoms with Crippen LogP contribution in [-0.2, 0) is 29.1 Å². The van der Waals surface area contributed by atoms with Gasteiger partial charge in [0.25, 0.3) is 10.0 Å². The van der Waals surface area contributed by atoms with Crippen molar-refractivity contribution in [2.75, 3.05) is 13.1 Å². The largest absolute Gasteiger partial charge is 0.444 e. The molecule has 4 amide bonds. The number of amides is 4. The number of ether oxygens (including phenoxy) is 1. The number of nitrogens with one attached hydrogen (secondary N) is 3. The molecule has 1 saturated heterocycles. The summed E-state index contributed by atoms with van der Waals surface area (Å²) >= 11 is 0. The molecular weight excluding hydrogens is 548 g/mol. The molecule has 11 nitrogen and oxygen atoms in total. The van der Waals surface area contributed by atoms with Crippen LogP contribution in [0.5, 0.6) is 0 Å². The van der Waals surface area contributed by atoms with Crippen LogP contribution in [-0.4, -0.2) is 67.9 Å². The lowest BCUT2D eigenvalue weighted by atomic mass is 10.0. The summed E-state index contributed by atoms with van der Waals surface area (Å²) in [7, 11) is -3.95. The molecule has 0 bridgehead atoms. The van der Waals surface area contributed by atoms with Gasteiger partial charge in [0, 0.05) is 19.5 Å². The van der Waals surface area contributed by atoms with Crippen LogP contribution < -0.4 is 15.4 Å². The van der Waals surface area contributed by atoms with Crippen molar-refractivity contribution in [3.63, 3.8) is 0 Å². The first-order valence-corrected chi connectivity index (χ1v) is 15.1. The molecule has 1 aromatic carbocycles. The molecular formula is C29H42N4O7S. The zero-order valence-electron chi connectivity index (χ0n) is 24.4. The van der Waals surface area contributed by atoms with Crippen molar-refractivity contribution >= 4 is 33.8 Å². The van der Waals surface area contributed by atoms with Crippen molar-refractivity contribution in [3.8, 4) is 0 Å². The predicted molar refractivity (Wildman–Crippen MR) is 155 cm³/mol. The number of carbonyl (C=O) groups is 4. The molecule has 0 unspecified atom stereocenters. The van der Waals surface area contributed by atoms with Gasteiger partial charge in [-0.3, -0.25) is 14.4 Å². The van der Waals surface area contributed by atoms with Crippen LogP contribution >= 0.6 is 0 Å². The van der Waals surface area contributed by atoms with Crippen molar-refractivity contribution in [2.45, 2.75) is 82.9 Å². The van der Waals surface area contributed by atoms with E-state index < -0.39 is 39.7 Å². The molecule has 41 heavy (non-hydrogen) atoms. The number of rotatable bonds is 12. The first-order valence-electron chi connectivity index (χ1n) is 13.6. The van der Waals surface area contributed by atoms with Gasteiger partial charge in [0.05, 0.1) is 4.90 Å². The quantitative estimate of drug-likeness (QED) is 0.317. The monoisotopic (exact) mass is 590 g/mol. The van der Waals surface area contributed by atoms with Crippen LogP contribution in [0.1, 0.15) is 60.3 Å². The van der Waals surface area contributed by atoms with Gasteiger partial charge in [0.1, 0.15) is 17.7 Å². The van der Waals surface area contributed by atoms with Gasteiger partial charge in [-0.1, -0.05) is 50.8 Å². The summed E-state index contributed by atoms with van der Waals surface area (Å²) in [6.07, 6.45) is 3.81. The van der Waals surface area contributed by atoms with E-state index in [1.54, 1.807) is 45.0 Å². The molecule has 1 aliphatic heterocycles. The topological polar surface area (TPSA) is 151 Å². The third kappa shape index (κ3) is 10.7. The Morgan fingerprint density at radius 1 is 1.15 bits per heavy atom. The molecule has 3 N–H and O–H groups in total. The van der Waals surface area contributed by atoms with Crippen LogP contribution in [0.15, 0.2) is 59.5 Å². The van der Waals surface area contributed by atoms with E-state index in [9.17, 15) is 27.6 Å². The SMILES string of the molecule is C=C/C(=C/CCC(=O)NS(=O)(=O)c1ccccc1)CNC(=O)[C@@H]1CCCN1C(=O)[C@@H](NC(=O)OC(C)(C)C)C(C)C. The molecule has 1 aromatic rings. The second kappa shape index (κ2) is 14.8. The van der Waals surface area contributed by atoms with Gasteiger partial charge < -0.3 is 20.3 Å². The number of likely N-dealkylation sites (tertiary alicyclic amines) is 1. The van der Waals surface area contributed by atoms with E-state index >= 15 is 0 Å². The Balaban J connectivity index is 1.93. The fourth-order valence-electron chi connectivity index (χ4n) is 4.21. The van der Waals surface area contributed by atoms with Crippen molar-refractivity contribution in [2.24, 2.45) is 5.92 Å². The molecule has 0 saturated carbocycles. The zero-order chi connectivity index (χ0) is 30.8. The van der Waals surface area contributed by atoms with Crippen LogP contribution in [0.2, 0.25) is 0 Å². The van der Waals surface area contributed by atoms with Crippen LogP contribution in [0.3, 0.4) is 0 Å². The summed E-state index contributed by atoms with van der Waals surface area (Å²) in [5, 5.41) is 5.46. The van der Waals surface area contributed by atoms with Gasteiger partial charge in [0.2, 0.25) is 17.7 Å². The predicted octanol–water partition coefficient (Wildman–Crippen LogP) is 3.04. The highest BCUT2D eigenvalue weighted by molar-refractivity contribution is 7.90. The molecule has 0 aliphatic carbocycles. The lowest BCUT2D eigenvalue weighted by molar-refractivity contribution is -0.140. The number of sulfonamides is 1. The Labute approximate surface area is 242 Å². The molecule has 226 valence electrons. The molecule has 1 heterocycles. The Bertz CT molecular complexity index is 1240. The molecule has 0 spiro atoms. The molecule has 2 atom stereocenters. The number of carbonyl (C=O) groups excluding carboxylic acids is 4. The van der Waals surface area contributed by atoms with Gasteiger partial charge >= 0.3 is 6.09 Å². The average molecular weight is 591 g/mol. The highest BCUT2D eigenvalue weighted by Crippen LogP contribution is 2.21. The smallest absolute Gasteiger partial charge is 0.408 e. The minimum Gasteiger partial charge on any atom is -0.444 e. The summed E-state index contributed by atoms with van der Waals surface area (Å²) in [6, 6.07) is 6.06. The Morgan fingerprint density at radius 3 is 2.39 bits per heavy atom. The number of benzene rings is 1. The van der Waals surface area contributed by atoms with Crippen molar-refractivity contribution < 1.29 is 32.3 Å². The minimum atomic E-state index is -3.95. The summed E-state index contributed by atoms with van der Waals surface area (Å²) in [5.74, 6) is -1.57. The summed E-state index contributed by atoms with van der Waals surface area (Å²) in [5.41, 5.74) is -0.0790. The fourth-order valence-corrected chi connectivity index (χ4v) is 5.25. The van der Waals surface area contributed by atoms with E-state index in [4.69, 9.17) is 4.74 Å². The van der Waals surface area contributed by atoms with E-state index in [0.29, 0.717) is 25.0 Å². The van der Waals surface area contributed by atoms with Gasteiger partial charge in [-0.25, -0.2) is 17.9 Å². The van der Waals surface area contributed by atoms with Gasteiger partial charge in [-0.15, -0.1) is 0 Å². The number of hydrogen-bond donors (Lipinski definition) is 3. The van der Waals surface area contributed by atoms with Gasteiger partial charge in [0.15, 0.2) is 0 Å². The highest BCUT2D eigenvalue weighted by Gasteiger charge is 2.39. The summed E-state index contributed by atoms with van der Waals surface area (Å²) < 4.78 is 31.9. The molecule has 0 aromatic heterocycles. The highest BCUT2D eigenvalue weighted by atomic mass is 32.2. The molecule has 12 heteroatoms. The minimum absolute atomic E-state index is 0.00170. The third-order valence-electron chi connectivity index (χ3n) is 6.25. The maximum atomic E-state index is 13.4. The molecule has 1 fully saturated rings. The lowest BCUT2D eigenvalue weighted by Crippen LogP contribution is -2.55. The standard InChI is InChI=1S/C29H42N4O7S/c1-7-21(13-11-17-24(34)32-41(38,39)22-14-9-8-10-15-22)19-30-26(35)23-16-12-18-33(23)27(36)25(20(2)3)31-28(37)40-29(4,5)6/h7-10,13-15,20,23,25H,1,11-12,16-19H2,2-6H3,(H,30,35)(H,31,37)(H,32,34)/b21-13-/t23-,25-/m0/s1. The fraction of sp³-hybridized carbons (Fsp3) is 0.517.